The van der Waals surface area contributed by atoms with Crippen LogP contribution in [0.5, 0.6) is 5.75 Å². The van der Waals surface area contributed by atoms with E-state index in [2.05, 4.69) is 5.32 Å². The van der Waals surface area contributed by atoms with Gasteiger partial charge in [-0.1, -0.05) is 84.9 Å². The van der Waals surface area contributed by atoms with E-state index in [0.717, 1.165) is 33.4 Å². The van der Waals surface area contributed by atoms with Crippen molar-refractivity contribution in [1.29, 1.82) is 0 Å². The number of hydrogen-bond donors (Lipinski definition) is 4. The summed E-state index contributed by atoms with van der Waals surface area (Å²) in [6.07, 6.45) is -6.17. The van der Waals surface area contributed by atoms with Crippen LogP contribution in [0.2, 0.25) is 0 Å². The van der Waals surface area contributed by atoms with E-state index in [1.165, 1.54) is 0 Å². The summed E-state index contributed by atoms with van der Waals surface area (Å²) in [6, 6.07) is 28.0. The Morgan fingerprint density at radius 1 is 0.963 bits per heavy atom. The van der Waals surface area contributed by atoms with E-state index in [4.69, 9.17) is 9.47 Å². The van der Waals surface area contributed by atoms with Gasteiger partial charge in [0.2, 0.25) is 5.91 Å². The number of amides is 2. The van der Waals surface area contributed by atoms with Crippen LogP contribution in [-0.2, 0) is 32.2 Å². The predicted molar refractivity (Wildman–Crippen MR) is 194 cm³/mol. The zero-order chi connectivity index (χ0) is 38.4. The first-order valence-electron chi connectivity index (χ1n) is 17.9. The third kappa shape index (κ3) is 9.46. The molecule has 10 nitrogen and oxygen atoms in total. The highest BCUT2D eigenvalue weighted by atomic mass is 19.4. The molecular formula is C41H44F3N3O7. The van der Waals surface area contributed by atoms with Crippen molar-refractivity contribution in [2.45, 2.75) is 69.2 Å². The Morgan fingerprint density at radius 2 is 1.69 bits per heavy atom. The monoisotopic (exact) mass is 747 g/mol. The Kier molecular flexibility index (Phi) is 12.3. The van der Waals surface area contributed by atoms with Gasteiger partial charge in [-0.15, -0.1) is 0 Å². The molecule has 0 radical (unpaired) electrons. The van der Waals surface area contributed by atoms with Gasteiger partial charge < -0.3 is 39.9 Å². The first-order chi connectivity index (χ1) is 25.9. The fourth-order valence-corrected chi connectivity index (χ4v) is 7.11. The summed E-state index contributed by atoms with van der Waals surface area (Å²) in [5, 5.41) is 33.0. The minimum absolute atomic E-state index is 0.0578. The number of hydrogen-bond acceptors (Lipinski definition) is 8. The van der Waals surface area contributed by atoms with Crippen LogP contribution in [0.1, 0.15) is 65.6 Å². The number of carbonyl (C=O) groups excluding carboxylic acids is 2. The van der Waals surface area contributed by atoms with Crippen molar-refractivity contribution < 1.29 is 47.6 Å². The van der Waals surface area contributed by atoms with Crippen LogP contribution in [0.15, 0.2) is 97.1 Å². The minimum atomic E-state index is -5.04. The molecule has 13 heteroatoms. The maximum atomic E-state index is 13.1. The van der Waals surface area contributed by atoms with Crippen LogP contribution in [0.25, 0.3) is 11.1 Å². The Balaban J connectivity index is 1.15. The summed E-state index contributed by atoms with van der Waals surface area (Å²) in [7, 11) is 1.89. The van der Waals surface area contributed by atoms with Gasteiger partial charge in [-0.2, -0.15) is 13.2 Å². The van der Waals surface area contributed by atoms with Crippen molar-refractivity contribution in [3.63, 3.8) is 0 Å². The quantitative estimate of drug-likeness (QED) is 0.140. The molecule has 2 aliphatic rings. The molecule has 2 aliphatic heterocycles. The molecule has 0 saturated carbocycles. The number of ether oxygens (including phenoxy) is 2. The van der Waals surface area contributed by atoms with Gasteiger partial charge in [-0.25, -0.2) is 0 Å². The number of likely N-dealkylation sites (tertiary alicyclic amines) is 1. The molecule has 0 bridgehead atoms. The van der Waals surface area contributed by atoms with Crippen molar-refractivity contribution in [3.05, 3.63) is 125 Å². The fourth-order valence-electron chi connectivity index (χ4n) is 7.11. The molecule has 0 aliphatic carbocycles. The van der Waals surface area contributed by atoms with E-state index in [1.54, 1.807) is 24.3 Å². The highest BCUT2D eigenvalue weighted by Crippen LogP contribution is 2.39. The van der Waals surface area contributed by atoms with E-state index in [-0.39, 0.29) is 44.1 Å². The standard InChI is InChI=1S/C41H44F3N3O7/c1-46(24-36(50)30-7-4-8-32(49)20-30)23-33-21-37(28-13-11-26(25-48)12-14-28)54-39(53-33)29-17-15-27(16-18-29)34-9-3-2-6-31(34)22-45-38(51)35-10-5-19-47(35)40(52)41(42,43)44/h2-4,6-9,11-18,20,33,35-37,39,48-50H,5,10,19,21-25H2,1H3,(H,45,51). The van der Waals surface area contributed by atoms with E-state index >= 15 is 0 Å². The van der Waals surface area contributed by atoms with Gasteiger partial charge >= 0.3 is 12.1 Å². The number of benzene rings is 4. The second kappa shape index (κ2) is 17.1. The normalized spacial score (nSPS) is 20.9. The Bertz CT molecular complexity index is 1890. The molecule has 5 atom stereocenters. The average Bonchev–Trinajstić information content (AvgIpc) is 3.66. The number of phenolic OH excluding ortho intramolecular Hbond substituents is 1. The lowest BCUT2D eigenvalue weighted by atomic mass is 9.97. The van der Waals surface area contributed by atoms with Crippen molar-refractivity contribution in [3.8, 4) is 16.9 Å². The SMILES string of the molecule is CN(CC1CC(c2ccc(CO)cc2)OC(c2ccc(-c3ccccc3CNC(=O)C3CCCN3C(=O)C(F)(F)F)cc2)O1)CC(O)c1cccc(O)c1. The number of likely N-dealkylation sites (N-methyl/N-ethyl adjacent to an activating group) is 1. The topological polar surface area (TPSA) is 132 Å². The van der Waals surface area contributed by atoms with Crippen molar-refractivity contribution in [2.24, 2.45) is 0 Å². The van der Waals surface area contributed by atoms with Crippen LogP contribution in [-0.4, -0.2) is 81.9 Å². The molecule has 0 spiro atoms. The molecular weight excluding hydrogens is 703 g/mol. The number of alkyl halides is 3. The smallest absolute Gasteiger partial charge is 0.471 e. The Hall–Kier alpha value is -4.79. The molecule has 0 aromatic heterocycles. The second-order valence-corrected chi connectivity index (χ2v) is 13.8. The van der Waals surface area contributed by atoms with Gasteiger partial charge in [0.25, 0.3) is 0 Å². The molecule has 4 N–H and O–H groups in total. The zero-order valence-electron chi connectivity index (χ0n) is 29.8. The number of rotatable bonds is 12. The number of aromatic hydroxyl groups is 1. The van der Waals surface area contributed by atoms with Gasteiger partial charge in [0, 0.05) is 38.2 Å². The Labute approximate surface area is 311 Å². The third-order valence-electron chi connectivity index (χ3n) is 9.89. The van der Waals surface area contributed by atoms with Crippen LogP contribution < -0.4 is 5.32 Å². The number of aliphatic hydroxyl groups is 2. The number of aliphatic hydroxyl groups excluding tert-OH is 2. The largest absolute Gasteiger partial charge is 0.508 e. The lowest BCUT2D eigenvalue weighted by Gasteiger charge is -2.38. The molecule has 2 saturated heterocycles. The highest BCUT2D eigenvalue weighted by Gasteiger charge is 2.47. The first-order valence-corrected chi connectivity index (χ1v) is 17.9. The minimum Gasteiger partial charge on any atom is -0.508 e. The van der Waals surface area contributed by atoms with E-state index < -0.39 is 36.4 Å². The number of phenols is 1. The number of nitrogens with zero attached hydrogens (tertiary/aromatic N) is 2. The maximum Gasteiger partial charge on any atom is 0.471 e. The lowest BCUT2D eigenvalue weighted by molar-refractivity contribution is -0.252. The van der Waals surface area contributed by atoms with E-state index in [0.29, 0.717) is 36.4 Å². The van der Waals surface area contributed by atoms with Gasteiger partial charge in [0.15, 0.2) is 6.29 Å². The molecule has 2 heterocycles. The third-order valence-corrected chi connectivity index (χ3v) is 9.89. The molecule has 2 amide bonds. The maximum absolute atomic E-state index is 13.1. The summed E-state index contributed by atoms with van der Waals surface area (Å²) in [4.78, 5) is 27.4. The molecule has 286 valence electrons. The average molecular weight is 748 g/mol. The summed E-state index contributed by atoms with van der Waals surface area (Å²) >= 11 is 0. The number of halogens is 3. The predicted octanol–water partition coefficient (Wildman–Crippen LogP) is 5.93. The molecule has 54 heavy (non-hydrogen) atoms. The second-order valence-electron chi connectivity index (χ2n) is 13.8. The van der Waals surface area contributed by atoms with Gasteiger partial charge in [-0.3, -0.25) is 9.59 Å². The summed E-state index contributed by atoms with van der Waals surface area (Å²) in [6.45, 7) is 0.662. The molecule has 4 aromatic carbocycles. The number of nitrogens with one attached hydrogen (secondary N) is 1. The first kappa shape index (κ1) is 38.9. The zero-order valence-corrected chi connectivity index (χ0v) is 29.8. The lowest BCUT2D eigenvalue weighted by Crippen LogP contribution is -2.50. The Morgan fingerprint density at radius 3 is 2.39 bits per heavy atom. The summed E-state index contributed by atoms with van der Waals surface area (Å²) in [5.74, 6) is -2.55. The highest BCUT2D eigenvalue weighted by molar-refractivity contribution is 5.90. The number of carbonyl (C=O) groups is 2. The van der Waals surface area contributed by atoms with Gasteiger partial charge in [-0.05, 0) is 65.4 Å². The van der Waals surface area contributed by atoms with Crippen LogP contribution in [0.4, 0.5) is 13.2 Å². The van der Waals surface area contributed by atoms with Crippen LogP contribution in [0, 0.1) is 0 Å². The van der Waals surface area contributed by atoms with Gasteiger partial charge in [0.1, 0.15) is 11.8 Å². The van der Waals surface area contributed by atoms with Gasteiger partial charge in [0.05, 0.1) is 24.9 Å². The molecule has 4 aromatic rings. The molecule has 6 rings (SSSR count). The van der Waals surface area contributed by atoms with Crippen molar-refractivity contribution in [2.75, 3.05) is 26.7 Å². The summed E-state index contributed by atoms with van der Waals surface area (Å²) in [5.41, 5.74) is 5.49. The molecule has 5 unspecified atom stereocenters. The van der Waals surface area contributed by atoms with Crippen LogP contribution >= 0.6 is 0 Å². The molecule has 2 fully saturated rings. The van der Waals surface area contributed by atoms with Crippen LogP contribution in [0.3, 0.4) is 0 Å². The summed E-state index contributed by atoms with van der Waals surface area (Å²) < 4.78 is 52.3. The van der Waals surface area contributed by atoms with Crippen molar-refractivity contribution in [1.82, 2.24) is 15.1 Å². The fraction of sp³-hybridized carbons (Fsp3) is 0.366. The van der Waals surface area contributed by atoms with E-state index in [9.17, 15) is 38.1 Å². The van der Waals surface area contributed by atoms with Crippen molar-refractivity contribution >= 4 is 11.8 Å². The van der Waals surface area contributed by atoms with E-state index in [1.807, 2.05) is 84.7 Å².